The molecule has 0 aromatic heterocycles. The van der Waals surface area contributed by atoms with Gasteiger partial charge in [0.15, 0.2) is 5.11 Å². The van der Waals surface area contributed by atoms with Crippen LogP contribution in [-0.4, -0.2) is 10.2 Å². The maximum Gasteiger partial charge on any atom is 0.168 e. The van der Waals surface area contributed by atoms with Crippen molar-refractivity contribution < 1.29 is 5.11 Å². The standard InChI is InChI=1S/C9H11ClN2OS/c1-4-3-6(13)8(12-9(11)14)5(2)7(4)10/h3,13H,1-2H3,(H3,11,12,14). The first-order chi connectivity index (χ1) is 6.43. The van der Waals surface area contributed by atoms with E-state index in [0.29, 0.717) is 10.7 Å². The van der Waals surface area contributed by atoms with Gasteiger partial charge in [-0.3, -0.25) is 0 Å². The first kappa shape index (κ1) is 11.1. The van der Waals surface area contributed by atoms with Gasteiger partial charge >= 0.3 is 0 Å². The molecule has 0 aliphatic rings. The smallest absolute Gasteiger partial charge is 0.168 e. The maximum atomic E-state index is 9.61. The molecule has 0 aliphatic carbocycles. The second-order valence-electron chi connectivity index (χ2n) is 3.02. The zero-order valence-electron chi connectivity index (χ0n) is 7.89. The van der Waals surface area contributed by atoms with Gasteiger partial charge in [-0.2, -0.15) is 0 Å². The lowest BCUT2D eigenvalue weighted by molar-refractivity contribution is 0.477. The molecule has 0 spiro atoms. The topological polar surface area (TPSA) is 58.3 Å². The Morgan fingerprint density at radius 2 is 2.14 bits per heavy atom. The van der Waals surface area contributed by atoms with Crippen molar-refractivity contribution in [3.8, 4) is 5.75 Å². The highest BCUT2D eigenvalue weighted by atomic mass is 35.5. The van der Waals surface area contributed by atoms with Crippen LogP contribution in [0.2, 0.25) is 5.02 Å². The van der Waals surface area contributed by atoms with E-state index in [1.54, 1.807) is 13.0 Å². The van der Waals surface area contributed by atoms with Gasteiger partial charge in [0.05, 0.1) is 5.69 Å². The lowest BCUT2D eigenvalue weighted by Gasteiger charge is -2.13. The number of halogens is 1. The van der Waals surface area contributed by atoms with Gasteiger partial charge in [-0.1, -0.05) is 11.6 Å². The number of hydrogen-bond donors (Lipinski definition) is 3. The van der Waals surface area contributed by atoms with Gasteiger partial charge in [0.25, 0.3) is 0 Å². The molecule has 14 heavy (non-hydrogen) atoms. The third-order valence-corrected chi connectivity index (χ3v) is 2.59. The molecule has 0 fully saturated rings. The summed E-state index contributed by atoms with van der Waals surface area (Å²) < 4.78 is 0. The van der Waals surface area contributed by atoms with Gasteiger partial charge in [0, 0.05) is 5.02 Å². The van der Waals surface area contributed by atoms with Crippen LogP contribution in [0.5, 0.6) is 5.75 Å². The highest BCUT2D eigenvalue weighted by Crippen LogP contribution is 2.34. The molecule has 0 atom stereocenters. The molecule has 3 nitrogen and oxygen atoms in total. The zero-order valence-corrected chi connectivity index (χ0v) is 9.46. The van der Waals surface area contributed by atoms with Crippen LogP contribution in [0.3, 0.4) is 0 Å². The second-order valence-corrected chi connectivity index (χ2v) is 3.83. The molecule has 1 aromatic rings. The number of nitrogens with two attached hydrogens (primary N) is 1. The Hall–Kier alpha value is -1.00. The molecule has 0 amide bonds. The molecule has 0 saturated carbocycles. The number of anilines is 1. The summed E-state index contributed by atoms with van der Waals surface area (Å²) in [7, 11) is 0. The summed E-state index contributed by atoms with van der Waals surface area (Å²) in [5, 5.41) is 13.0. The summed E-state index contributed by atoms with van der Waals surface area (Å²) in [5.41, 5.74) is 7.33. The van der Waals surface area contributed by atoms with Crippen molar-refractivity contribution in [1.29, 1.82) is 0 Å². The Kier molecular flexibility index (Phi) is 3.18. The Labute approximate surface area is 92.9 Å². The van der Waals surface area contributed by atoms with Crippen LogP contribution in [0, 0.1) is 13.8 Å². The summed E-state index contributed by atoms with van der Waals surface area (Å²) in [5.74, 6) is 0.0946. The van der Waals surface area contributed by atoms with Crippen molar-refractivity contribution >= 4 is 34.6 Å². The minimum atomic E-state index is 0.0946. The van der Waals surface area contributed by atoms with Crippen molar-refractivity contribution in [3.63, 3.8) is 0 Å². The lowest BCUT2D eigenvalue weighted by atomic mass is 10.1. The highest BCUT2D eigenvalue weighted by molar-refractivity contribution is 7.80. The molecule has 5 heteroatoms. The van der Waals surface area contributed by atoms with Crippen LogP contribution in [0.4, 0.5) is 5.69 Å². The average molecular weight is 231 g/mol. The Morgan fingerprint density at radius 3 is 2.64 bits per heavy atom. The van der Waals surface area contributed by atoms with E-state index in [4.69, 9.17) is 17.3 Å². The minimum absolute atomic E-state index is 0.0946. The first-order valence-electron chi connectivity index (χ1n) is 3.98. The number of rotatable bonds is 1. The van der Waals surface area contributed by atoms with Crippen LogP contribution in [0.15, 0.2) is 6.07 Å². The first-order valence-corrected chi connectivity index (χ1v) is 4.77. The fourth-order valence-corrected chi connectivity index (χ4v) is 1.47. The summed E-state index contributed by atoms with van der Waals surface area (Å²) in [6.45, 7) is 3.61. The molecule has 0 heterocycles. The van der Waals surface area contributed by atoms with E-state index in [0.717, 1.165) is 11.1 Å². The van der Waals surface area contributed by atoms with Crippen molar-refractivity contribution in [2.24, 2.45) is 5.73 Å². The van der Waals surface area contributed by atoms with Crippen LogP contribution < -0.4 is 11.1 Å². The number of benzene rings is 1. The Bertz CT molecular complexity index is 393. The molecular formula is C9H11ClN2OS. The Morgan fingerprint density at radius 1 is 1.57 bits per heavy atom. The number of aromatic hydroxyl groups is 1. The predicted octanol–water partition coefficient (Wildman–Crippen LogP) is 2.32. The van der Waals surface area contributed by atoms with Crippen LogP contribution in [0.25, 0.3) is 0 Å². The van der Waals surface area contributed by atoms with Gasteiger partial charge < -0.3 is 16.2 Å². The van der Waals surface area contributed by atoms with Gasteiger partial charge in [0.2, 0.25) is 0 Å². The Balaban J connectivity index is 3.29. The number of nitrogens with one attached hydrogen (secondary N) is 1. The molecule has 0 unspecified atom stereocenters. The molecule has 1 rings (SSSR count). The molecule has 0 saturated heterocycles. The molecule has 0 bridgehead atoms. The van der Waals surface area contributed by atoms with E-state index in [9.17, 15) is 5.11 Å². The van der Waals surface area contributed by atoms with Gasteiger partial charge in [-0.05, 0) is 43.3 Å². The van der Waals surface area contributed by atoms with Gasteiger partial charge in [0.1, 0.15) is 5.75 Å². The SMILES string of the molecule is Cc1cc(O)c(NC(N)=S)c(C)c1Cl. The summed E-state index contributed by atoms with van der Waals surface area (Å²) in [6, 6.07) is 1.57. The fourth-order valence-electron chi connectivity index (χ4n) is 1.22. The molecule has 4 N–H and O–H groups in total. The van der Waals surface area contributed by atoms with E-state index in [2.05, 4.69) is 17.5 Å². The van der Waals surface area contributed by atoms with Gasteiger partial charge in [-0.25, -0.2) is 0 Å². The van der Waals surface area contributed by atoms with Crippen molar-refractivity contribution in [2.45, 2.75) is 13.8 Å². The van der Waals surface area contributed by atoms with E-state index in [1.165, 1.54) is 0 Å². The molecule has 0 aliphatic heterocycles. The molecule has 76 valence electrons. The van der Waals surface area contributed by atoms with Crippen molar-refractivity contribution in [1.82, 2.24) is 0 Å². The third-order valence-electron chi connectivity index (χ3n) is 1.91. The monoisotopic (exact) mass is 230 g/mol. The average Bonchev–Trinajstić information content (AvgIpc) is 2.09. The lowest BCUT2D eigenvalue weighted by Crippen LogP contribution is -2.19. The highest BCUT2D eigenvalue weighted by Gasteiger charge is 2.11. The van der Waals surface area contributed by atoms with Gasteiger partial charge in [-0.15, -0.1) is 0 Å². The predicted molar refractivity (Wildman–Crippen MR) is 63.0 cm³/mol. The summed E-state index contributed by atoms with van der Waals surface area (Å²) >= 11 is 10.7. The fraction of sp³-hybridized carbons (Fsp3) is 0.222. The summed E-state index contributed by atoms with van der Waals surface area (Å²) in [4.78, 5) is 0. The van der Waals surface area contributed by atoms with Crippen molar-refractivity contribution in [2.75, 3.05) is 5.32 Å². The number of phenolic OH excluding ortho intramolecular Hbond substituents is 1. The van der Waals surface area contributed by atoms with Crippen LogP contribution in [-0.2, 0) is 0 Å². The molecule has 1 aromatic carbocycles. The summed E-state index contributed by atoms with van der Waals surface area (Å²) in [6.07, 6.45) is 0. The minimum Gasteiger partial charge on any atom is -0.506 e. The molecular weight excluding hydrogens is 220 g/mol. The number of aryl methyl sites for hydroxylation is 1. The number of hydrogen-bond acceptors (Lipinski definition) is 2. The van der Waals surface area contributed by atoms with E-state index < -0.39 is 0 Å². The molecule has 0 radical (unpaired) electrons. The largest absolute Gasteiger partial charge is 0.506 e. The zero-order chi connectivity index (χ0) is 10.9. The van der Waals surface area contributed by atoms with Crippen LogP contribution >= 0.6 is 23.8 Å². The number of phenols is 1. The second kappa shape index (κ2) is 4.02. The number of thiocarbonyl (C=S) groups is 1. The normalized spacial score (nSPS) is 9.93. The van der Waals surface area contributed by atoms with E-state index in [-0.39, 0.29) is 10.9 Å². The van der Waals surface area contributed by atoms with E-state index >= 15 is 0 Å². The quantitative estimate of drug-likeness (QED) is 0.512. The maximum absolute atomic E-state index is 9.61. The van der Waals surface area contributed by atoms with Crippen LogP contribution in [0.1, 0.15) is 11.1 Å². The third kappa shape index (κ3) is 2.08. The van der Waals surface area contributed by atoms with Crippen molar-refractivity contribution in [3.05, 3.63) is 22.2 Å². The van der Waals surface area contributed by atoms with E-state index in [1.807, 2.05) is 6.92 Å².